The van der Waals surface area contributed by atoms with Gasteiger partial charge in [0, 0.05) is 18.8 Å². The van der Waals surface area contributed by atoms with Crippen molar-refractivity contribution in [1.82, 2.24) is 0 Å². The van der Waals surface area contributed by atoms with Gasteiger partial charge in [0.15, 0.2) is 11.6 Å². The van der Waals surface area contributed by atoms with Crippen molar-refractivity contribution >= 4 is 17.5 Å². The molecule has 0 aromatic rings. The summed E-state index contributed by atoms with van der Waals surface area (Å²) in [6, 6.07) is 0. The Kier molecular flexibility index (Phi) is 4.42. The molecular weight excluding hydrogens is 356 g/mol. The van der Waals surface area contributed by atoms with Crippen LogP contribution in [-0.4, -0.2) is 34.3 Å². The van der Waals surface area contributed by atoms with Gasteiger partial charge in [-0.25, -0.2) is 0 Å². The summed E-state index contributed by atoms with van der Waals surface area (Å²) in [6.45, 7) is 7.25. The van der Waals surface area contributed by atoms with Gasteiger partial charge < -0.3 is 9.84 Å². The smallest absolute Gasteiger partial charge is 0.303 e. The van der Waals surface area contributed by atoms with Crippen molar-refractivity contribution in [2.75, 3.05) is 0 Å². The van der Waals surface area contributed by atoms with Gasteiger partial charge in [-0.2, -0.15) is 0 Å². The first kappa shape index (κ1) is 19.8. The van der Waals surface area contributed by atoms with Crippen molar-refractivity contribution in [3.8, 4) is 0 Å². The normalized spacial score (nSPS) is 47.5. The third-order valence-electron chi connectivity index (χ3n) is 9.00. The van der Waals surface area contributed by atoms with Crippen LogP contribution in [0.25, 0.3) is 0 Å². The summed E-state index contributed by atoms with van der Waals surface area (Å²) in [5.74, 6) is 0.580. The Morgan fingerprint density at radius 3 is 2.43 bits per heavy atom. The molecule has 3 saturated carbocycles. The van der Waals surface area contributed by atoms with Crippen molar-refractivity contribution in [2.24, 2.45) is 28.6 Å². The maximum absolute atomic E-state index is 12.4. The molecule has 5 heteroatoms. The number of ether oxygens (including phenoxy) is 1. The summed E-state index contributed by atoms with van der Waals surface area (Å²) in [5.41, 5.74) is -0.847. The Hall–Kier alpha value is -1.49. The van der Waals surface area contributed by atoms with Crippen LogP contribution < -0.4 is 0 Å². The lowest BCUT2D eigenvalue weighted by atomic mass is 9.45. The van der Waals surface area contributed by atoms with Crippen LogP contribution in [0.4, 0.5) is 0 Å². The van der Waals surface area contributed by atoms with E-state index in [2.05, 4.69) is 13.8 Å². The van der Waals surface area contributed by atoms with Gasteiger partial charge in [-0.3, -0.25) is 14.4 Å². The van der Waals surface area contributed by atoms with E-state index in [9.17, 15) is 19.5 Å². The standard InChI is InChI=1S/C23H32O5/c1-13(24)23(27)10-7-18-16-12-20(28-14(2)25)19-11-15(26)5-8-21(19,3)17(16)6-9-22(18,23)4/h11,16-18,20,27H,5-10,12H2,1-4H3/t16-,17+,18+,20-,21-,22+,23-/m1/s1. The van der Waals surface area contributed by atoms with Gasteiger partial charge in [-0.05, 0) is 80.3 Å². The quantitative estimate of drug-likeness (QED) is 0.734. The van der Waals surface area contributed by atoms with E-state index in [-0.39, 0.29) is 40.9 Å². The number of fused-ring (bicyclic) bond motifs is 5. The summed E-state index contributed by atoms with van der Waals surface area (Å²) < 4.78 is 5.72. The maximum Gasteiger partial charge on any atom is 0.303 e. The minimum atomic E-state index is -1.25. The largest absolute Gasteiger partial charge is 0.458 e. The highest BCUT2D eigenvalue weighted by molar-refractivity contribution is 5.92. The van der Waals surface area contributed by atoms with Gasteiger partial charge >= 0.3 is 5.97 Å². The van der Waals surface area contributed by atoms with E-state index in [1.54, 1.807) is 6.08 Å². The number of carbonyl (C=O) groups is 3. The Labute approximate surface area is 166 Å². The molecule has 0 heterocycles. The molecule has 28 heavy (non-hydrogen) atoms. The maximum atomic E-state index is 12.4. The minimum Gasteiger partial charge on any atom is -0.458 e. The van der Waals surface area contributed by atoms with Crippen LogP contribution in [0.1, 0.15) is 72.6 Å². The first-order chi connectivity index (χ1) is 13.0. The van der Waals surface area contributed by atoms with Crippen LogP contribution in [0, 0.1) is 28.6 Å². The number of Topliss-reactive ketones (excluding diaryl/α,β-unsaturated/α-hetero) is 1. The molecule has 4 aliphatic carbocycles. The molecular formula is C23H32O5. The summed E-state index contributed by atoms with van der Waals surface area (Å²) in [7, 11) is 0. The molecule has 4 rings (SSSR count). The van der Waals surface area contributed by atoms with Gasteiger partial charge in [-0.15, -0.1) is 0 Å². The lowest BCUT2D eigenvalue weighted by Crippen LogP contribution is -2.58. The van der Waals surface area contributed by atoms with Crippen molar-refractivity contribution in [3.63, 3.8) is 0 Å². The number of rotatable bonds is 2. The average Bonchev–Trinajstić information content (AvgIpc) is 2.89. The zero-order valence-electron chi connectivity index (χ0n) is 17.4. The predicted molar refractivity (Wildman–Crippen MR) is 103 cm³/mol. The molecule has 154 valence electrons. The van der Waals surface area contributed by atoms with Crippen molar-refractivity contribution in [2.45, 2.75) is 84.3 Å². The SMILES string of the molecule is CC(=O)O[C@@H]1C[C@@H]2[C@H](CC[C@@]3(C)[C@H]2CC[C@@]3(O)C(C)=O)[C@@]2(C)CCC(=O)C=C12. The van der Waals surface area contributed by atoms with E-state index in [0.29, 0.717) is 25.2 Å². The molecule has 0 amide bonds. The first-order valence-corrected chi connectivity index (χ1v) is 10.7. The van der Waals surface area contributed by atoms with Crippen LogP contribution in [0.5, 0.6) is 0 Å². The molecule has 5 nitrogen and oxygen atoms in total. The van der Waals surface area contributed by atoms with Crippen LogP contribution >= 0.6 is 0 Å². The van der Waals surface area contributed by atoms with E-state index < -0.39 is 11.0 Å². The van der Waals surface area contributed by atoms with Gasteiger partial charge in [0.05, 0.1) is 0 Å². The molecule has 7 atom stereocenters. The van der Waals surface area contributed by atoms with Crippen molar-refractivity contribution in [3.05, 3.63) is 11.6 Å². The molecule has 0 unspecified atom stereocenters. The van der Waals surface area contributed by atoms with Crippen LogP contribution in [0.2, 0.25) is 0 Å². The molecule has 0 radical (unpaired) electrons. The average molecular weight is 389 g/mol. The summed E-state index contributed by atoms with van der Waals surface area (Å²) >= 11 is 0. The highest BCUT2D eigenvalue weighted by Crippen LogP contribution is 2.67. The second-order valence-electron chi connectivity index (χ2n) is 10.1. The molecule has 0 spiro atoms. The number of esters is 1. The van der Waals surface area contributed by atoms with E-state index in [1.165, 1.54) is 13.8 Å². The summed E-state index contributed by atoms with van der Waals surface area (Å²) in [5, 5.41) is 11.3. The highest BCUT2D eigenvalue weighted by atomic mass is 16.5. The molecule has 0 saturated heterocycles. The third-order valence-corrected chi connectivity index (χ3v) is 9.00. The van der Waals surface area contributed by atoms with E-state index in [1.807, 2.05) is 0 Å². The van der Waals surface area contributed by atoms with E-state index in [4.69, 9.17) is 4.74 Å². The molecule has 4 aliphatic rings. The molecule has 1 N–H and O–H groups in total. The Morgan fingerprint density at radius 2 is 1.79 bits per heavy atom. The van der Waals surface area contributed by atoms with Crippen LogP contribution in [0.15, 0.2) is 11.6 Å². The fourth-order valence-corrected chi connectivity index (χ4v) is 7.49. The summed E-state index contributed by atoms with van der Waals surface area (Å²) in [4.78, 5) is 36.3. The fourth-order valence-electron chi connectivity index (χ4n) is 7.49. The van der Waals surface area contributed by atoms with Crippen molar-refractivity contribution < 1.29 is 24.2 Å². The Balaban J connectivity index is 1.75. The highest BCUT2D eigenvalue weighted by Gasteiger charge is 2.66. The van der Waals surface area contributed by atoms with Gasteiger partial charge in [-0.1, -0.05) is 13.8 Å². The number of aliphatic hydroxyl groups is 1. The summed E-state index contributed by atoms with van der Waals surface area (Å²) in [6.07, 6.45) is 6.48. The third kappa shape index (κ3) is 2.51. The Morgan fingerprint density at radius 1 is 1.11 bits per heavy atom. The van der Waals surface area contributed by atoms with Crippen LogP contribution in [0.3, 0.4) is 0 Å². The lowest BCUT2D eigenvalue weighted by molar-refractivity contribution is -0.167. The lowest BCUT2D eigenvalue weighted by Gasteiger charge is -2.60. The van der Waals surface area contributed by atoms with Crippen molar-refractivity contribution in [1.29, 1.82) is 0 Å². The second kappa shape index (κ2) is 6.25. The van der Waals surface area contributed by atoms with E-state index >= 15 is 0 Å². The van der Waals surface area contributed by atoms with Gasteiger partial charge in [0.1, 0.15) is 11.7 Å². The van der Waals surface area contributed by atoms with Crippen LogP contribution in [-0.2, 0) is 19.1 Å². The topological polar surface area (TPSA) is 80.7 Å². The second-order valence-corrected chi connectivity index (χ2v) is 10.1. The minimum absolute atomic E-state index is 0.121. The number of hydrogen-bond acceptors (Lipinski definition) is 5. The van der Waals surface area contributed by atoms with E-state index in [0.717, 1.165) is 31.3 Å². The van der Waals surface area contributed by atoms with Gasteiger partial charge in [0.25, 0.3) is 0 Å². The molecule has 0 aromatic heterocycles. The number of hydrogen-bond donors (Lipinski definition) is 1. The zero-order chi connectivity index (χ0) is 20.5. The number of carbonyl (C=O) groups excluding carboxylic acids is 3. The first-order valence-electron chi connectivity index (χ1n) is 10.7. The predicted octanol–water partition coefficient (Wildman–Crippen LogP) is 3.38. The molecule has 0 aliphatic heterocycles. The monoisotopic (exact) mass is 388 g/mol. The number of ketones is 2. The Bertz CT molecular complexity index is 769. The molecule has 0 aromatic carbocycles. The zero-order valence-corrected chi connectivity index (χ0v) is 17.4. The molecule has 0 bridgehead atoms. The fraction of sp³-hybridized carbons (Fsp3) is 0.783. The van der Waals surface area contributed by atoms with Gasteiger partial charge in [0.2, 0.25) is 0 Å². The molecule has 3 fully saturated rings.